The van der Waals surface area contributed by atoms with E-state index in [9.17, 15) is 0 Å². The van der Waals surface area contributed by atoms with Gasteiger partial charge in [0.05, 0.1) is 11.6 Å². The average Bonchev–Trinajstić information content (AvgIpc) is 2.87. The number of H-pyrrole nitrogens is 1. The highest BCUT2D eigenvalue weighted by Crippen LogP contribution is 2.21. The summed E-state index contributed by atoms with van der Waals surface area (Å²) in [6.07, 6.45) is 4.10. The van der Waals surface area contributed by atoms with E-state index in [-0.39, 0.29) is 5.95 Å². The van der Waals surface area contributed by atoms with E-state index in [1.807, 2.05) is 0 Å². The van der Waals surface area contributed by atoms with Crippen LogP contribution in [0, 0.1) is 0 Å². The van der Waals surface area contributed by atoms with Gasteiger partial charge in [0.1, 0.15) is 5.82 Å². The Morgan fingerprint density at radius 1 is 1.53 bits per heavy atom. The number of nitrogens with one attached hydrogen (secondary N) is 2. The van der Waals surface area contributed by atoms with Gasteiger partial charge in [0.2, 0.25) is 5.95 Å². The minimum absolute atomic E-state index is 0.266. The molecule has 1 aliphatic rings. The third-order valence-corrected chi connectivity index (χ3v) is 3.62. The Hall–Kier alpha value is -1.89. The lowest BCUT2D eigenvalue weighted by Gasteiger charge is -2.32. The second kappa shape index (κ2) is 5.00. The molecule has 0 aromatic carbocycles. The number of fused-ring (bicyclic) bond motifs is 1. The van der Waals surface area contributed by atoms with Gasteiger partial charge in [-0.05, 0) is 25.9 Å². The molecule has 0 saturated carbocycles. The van der Waals surface area contributed by atoms with Crippen LogP contribution in [0.25, 0.3) is 11.0 Å². The number of likely N-dealkylation sites (N-methyl/N-ethyl adjacent to an activating group) is 1. The van der Waals surface area contributed by atoms with Crippen molar-refractivity contribution in [2.24, 2.45) is 0 Å². The number of hydrogen-bond donors (Lipinski definition) is 3. The van der Waals surface area contributed by atoms with Gasteiger partial charge in [-0.25, -0.2) is 0 Å². The van der Waals surface area contributed by atoms with Crippen molar-refractivity contribution in [2.75, 3.05) is 30.7 Å². The molecule has 7 nitrogen and oxygen atoms in total. The highest BCUT2D eigenvalue weighted by atomic mass is 15.2. The van der Waals surface area contributed by atoms with Gasteiger partial charge in [-0.2, -0.15) is 15.1 Å². The van der Waals surface area contributed by atoms with Crippen molar-refractivity contribution in [3.63, 3.8) is 0 Å². The summed E-state index contributed by atoms with van der Waals surface area (Å²) in [5.41, 5.74) is 6.40. The van der Waals surface area contributed by atoms with Crippen LogP contribution in [0.2, 0.25) is 0 Å². The summed E-state index contributed by atoms with van der Waals surface area (Å²) in [6, 6.07) is 0.404. The predicted octanol–water partition coefficient (Wildman–Crippen LogP) is 0.831. The third-order valence-electron chi connectivity index (χ3n) is 3.62. The number of likely N-dealkylation sites (tertiary alicyclic amines) is 1. The van der Waals surface area contributed by atoms with Gasteiger partial charge in [-0.3, -0.25) is 5.10 Å². The summed E-state index contributed by atoms with van der Waals surface area (Å²) in [5.74, 6) is 1.04. The van der Waals surface area contributed by atoms with Crippen LogP contribution < -0.4 is 11.1 Å². The van der Waals surface area contributed by atoms with E-state index in [0.29, 0.717) is 11.7 Å². The van der Waals surface area contributed by atoms with Gasteiger partial charge >= 0.3 is 0 Å². The smallest absolute Gasteiger partial charge is 0.224 e. The minimum Gasteiger partial charge on any atom is -0.368 e. The Kier molecular flexibility index (Phi) is 3.20. The lowest BCUT2D eigenvalue weighted by molar-refractivity contribution is 0.226. The maximum absolute atomic E-state index is 5.72. The fourth-order valence-corrected chi connectivity index (χ4v) is 2.62. The number of piperidine rings is 1. The minimum atomic E-state index is 0.266. The fraction of sp³-hybridized carbons (Fsp3) is 0.583. The Labute approximate surface area is 111 Å². The second-order valence-electron chi connectivity index (χ2n) is 4.94. The largest absolute Gasteiger partial charge is 0.368 e. The SMILES string of the molecule is CCN1CCCC(Nc2nc(N)nc3[nH]ncc23)C1. The highest BCUT2D eigenvalue weighted by molar-refractivity contribution is 5.86. The van der Waals surface area contributed by atoms with Crippen molar-refractivity contribution < 1.29 is 0 Å². The molecule has 4 N–H and O–H groups in total. The summed E-state index contributed by atoms with van der Waals surface area (Å²) >= 11 is 0. The van der Waals surface area contributed by atoms with Crippen molar-refractivity contribution in [1.82, 2.24) is 25.1 Å². The van der Waals surface area contributed by atoms with Gasteiger partial charge in [-0.15, -0.1) is 0 Å². The Balaban J connectivity index is 1.82. The van der Waals surface area contributed by atoms with E-state index in [4.69, 9.17) is 5.73 Å². The first-order valence-corrected chi connectivity index (χ1v) is 6.71. The molecule has 19 heavy (non-hydrogen) atoms. The lowest BCUT2D eigenvalue weighted by atomic mass is 10.1. The van der Waals surface area contributed by atoms with Crippen LogP contribution in [0.15, 0.2) is 6.20 Å². The molecule has 102 valence electrons. The van der Waals surface area contributed by atoms with Crippen LogP contribution in [0.1, 0.15) is 19.8 Å². The van der Waals surface area contributed by atoms with E-state index >= 15 is 0 Å². The molecule has 3 heterocycles. The standard InChI is InChI=1S/C12H19N7/c1-2-19-5-3-4-8(7-19)15-10-9-6-14-18-11(9)17-12(13)16-10/h6,8H,2-5,7H2,1H3,(H4,13,14,15,16,17,18). The summed E-state index contributed by atoms with van der Waals surface area (Å²) in [6.45, 7) is 5.51. The van der Waals surface area contributed by atoms with Crippen LogP contribution in [-0.2, 0) is 0 Å². The normalized spacial score (nSPS) is 20.8. The zero-order valence-corrected chi connectivity index (χ0v) is 11.1. The summed E-state index contributed by atoms with van der Waals surface area (Å²) < 4.78 is 0. The zero-order chi connectivity index (χ0) is 13.2. The third kappa shape index (κ3) is 2.46. The molecule has 0 amide bonds. The first kappa shape index (κ1) is 12.2. The highest BCUT2D eigenvalue weighted by Gasteiger charge is 2.20. The fourth-order valence-electron chi connectivity index (χ4n) is 2.62. The van der Waals surface area contributed by atoms with Crippen LogP contribution >= 0.6 is 0 Å². The van der Waals surface area contributed by atoms with Crippen molar-refractivity contribution >= 4 is 22.8 Å². The maximum Gasteiger partial charge on any atom is 0.224 e. The number of rotatable bonds is 3. The van der Waals surface area contributed by atoms with Gasteiger partial charge in [0.25, 0.3) is 0 Å². The first-order chi connectivity index (χ1) is 9.26. The van der Waals surface area contributed by atoms with Crippen LogP contribution in [0.3, 0.4) is 0 Å². The number of anilines is 2. The van der Waals surface area contributed by atoms with E-state index in [0.717, 1.165) is 30.7 Å². The molecule has 1 atom stereocenters. The molecular weight excluding hydrogens is 242 g/mol. The van der Waals surface area contributed by atoms with Crippen LogP contribution in [-0.4, -0.2) is 50.7 Å². The molecule has 0 spiro atoms. The molecule has 1 unspecified atom stereocenters. The monoisotopic (exact) mass is 261 g/mol. The molecular formula is C12H19N7. The number of nitrogens with zero attached hydrogens (tertiary/aromatic N) is 4. The van der Waals surface area contributed by atoms with E-state index in [2.05, 4.69) is 37.3 Å². The zero-order valence-electron chi connectivity index (χ0n) is 11.1. The quantitative estimate of drug-likeness (QED) is 0.757. The van der Waals surface area contributed by atoms with E-state index in [1.165, 1.54) is 13.0 Å². The van der Waals surface area contributed by atoms with Crippen LogP contribution in [0.4, 0.5) is 11.8 Å². The Morgan fingerprint density at radius 3 is 3.26 bits per heavy atom. The number of aromatic nitrogens is 4. The number of nitrogens with two attached hydrogens (primary N) is 1. The van der Waals surface area contributed by atoms with E-state index < -0.39 is 0 Å². The molecule has 0 bridgehead atoms. The van der Waals surface area contributed by atoms with Crippen molar-refractivity contribution in [1.29, 1.82) is 0 Å². The topological polar surface area (TPSA) is 95.7 Å². The molecule has 3 rings (SSSR count). The van der Waals surface area contributed by atoms with Gasteiger partial charge in [0, 0.05) is 12.6 Å². The van der Waals surface area contributed by atoms with Crippen molar-refractivity contribution in [3.8, 4) is 0 Å². The molecule has 7 heteroatoms. The molecule has 1 fully saturated rings. The van der Waals surface area contributed by atoms with Gasteiger partial charge < -0.3 is 16.0 Å². The summed E-state index contributed by atoms with van der Waals surface area (Å²) in [4.78, 5) is 10.9. The lowest BCUT2D eigenvalue weighted by Crippen LogP contribution is -2.42. The Morgan fingerprint density at radius 2 is 2.42 bits per heavy atom. The second-order valence-corrected chi connectivity index (χ2v) is 4.94. The maximum atomic E-state index is 5.72. The molecule has 0 radical (unpaired) electrons. The van der Waals surface area contributed by atoms with Gasteiger partial charge in [-0.1, -0.05) is 6.92 Å². The van der Waals surface area contributed by atoms with E-state index in [1.54, 1.807) is 6.20 Å². The molecule has 1 aliphatic heterocycles. The number of nitrogen functional groups attached to an aromatic ring is 1. The van der Waals surface area contributed by atoms with Crippen molar-refractivity contribution in [3.05, 3.63) is 6.20 Å². The summed E-state index contributed by atoms with van der Waals surface area (Å²) in [7, 11) is 0. The summed E-state index contributed by atoms with van der Waals surface area (Å²) in [5, 5.41) is 11.2. The van der Waals surface area contributed by atoms with Crippen LogP contribution in [0.5, 0.6) is 0 Å². The molecule has 2 aromatic heterocycles. The average molecular weight is 261 g/mol. The number of hydrogen-bond acceptors (Lipinski definition) is 6. The van der Waals surface area contributed by atoms with Crippen molar-refractivity contribution in [2.45, 2.75) is 25.8 Å². The predicted molar refractivity (Wildman–Crippen MR) is 74.9 cm³/mol. The Bertz CT molecular complexity index is 564. The number of aromatic amines is 1. The molecule has 0 aliphatic carbocycles. The first-order valence-electron chi connectivity index (χ1n) is 6.71. The molecule has 1 saturated heterocycles. The van der Waals surface area contributed by atoms with Gasteiger partial charge in [0.15, 0.2) is 5.65 Å². The molecule has 2 aromatic rings.